The highest BCUT2D eigenvalue weighted by molar-refractivity contribution is 5.85. The van der Waals surface area contributed by atoms with Gasteiger partial charge in [0, 0.05) is 25.2 Å². The number of amides is 1. The van der Waals surface area contributed by atoms with Crippen LogP contribution < -0.4 is 10.6 Å². The summed E-state index contributed by atoms with van der Waals surface area (Å²) in [5.41, 5.74) is -0.557. The molecule has 1 amide bonds. The Morgan fingerprint density at radius 2 is 2.04 bits per heavy atom. The second-order valence-electron chi connectivity index (χ2n) is 6.84. The number of halogens is 4. The zero-order valence-electron chi connectivity index (χ0n) is 14.4. The van der Waals surface area contributed by atoms with Crippen molar-refractivity contribution in [2.24, 2.45) is 0 Å². The number of ether oxygens (including phenoxy) is 1. The molecule has 146 valence electrons. The highest BCUT2D eigenvalue weighted by atomic mass is 35.5. The fraction of sp³-hybridized carbons (Fsp3) is 0.611. The molecule has 1 unspecified atom stereocenters. The number of alkyl halides is 3. The van der Waals surface area contributed by atoms with Crippen LogP contribution in [0.4, 0.5) is 13.2 Å². The average Bonchev–Trinajstić information content (AvgIpc) is 3.15. The molecule has 0 radical (unpaired) electrons. The number of benzene rings is 1. The average molecular weight is 393 g/mol. The molecule has 2 fully saturated rings. The Morgan fingerprint density at radius 1 is 1.31 bits per heavy atom. The van der Waals surface area contributed by atoms with Gasteiger partial charge in [0.1, 0.15) is 0 Å². The van der Waals surface area contributed by atoms with Crippen LogP contribution in [0.25, 0.3) is 0 Å². The van der Waals surface area contributed by atoms with Crippen molar-refractivity contribution in [3.05, 3.63) is 35.4 Å². The van der Waals surface area contributed by atoms with Crippen LogP contribution in [0.3, 0.4) is 0 Å². The van der Waals surface area contributed by atoms with Crippen molar-refractivity contribution in [3.8, 4) is 0 Å². The smallest absolute Gasteiger partial charge is 0.381 e. The Kier molecular flexibility index (Phi) is 6.93. The van der Waals surface area contributed by atoms with E-state index in [1.54, 1.807) is 6.07 Å². The number of carbonyl (C=O) groups is 1. The second-order valence-corrected chi connectivity index (χ2v) is 6.84. The SMILES string of the molecule is Cl.O=C(NCC1(c2cccc(C(F)(F)F)c2)CCOCC1)C1CCCN1. The van der Waals surface area contributed by atoms with Crippen LogP contribution in [0.15, 0.2) is 24.3 Å². The van der Waals surface area contributed by atoms with Gasteiger partial charge in [0.05, 0.1) is 11.6 Å². The summed E-state index contributed by atoms with van der Waals surface area (Å²) in [6, 6.07) is 5.26. The highest BCUT2D eigenvalue weighted by Gasteiger charge is 2.38. The van der Waals surface area contributed by atoms with Gasteiger partial charge in [0.25, 0.3) is 0 Å². The van der Waals surface area contributed by atoms with Crippen molar-refractivity contribution in [1.82, 2.24) is 10.6 Å². The van der Waals surface area contributed by atoms with Gasteiger partial charge in [-0.2, -0.15) is 13.2 Å². The van der Waals surface area contributed by atoms with Gasteiger partial charge >= 0.3 is 6.18 Å². The normalized spacial score (nSPS) is 22.5. The van der Waals surface area contributed by atoms with Crippen LogP contribution in [-0.4, -0.2) is 38.3 Å². The summed E-state index contributed by atoms with van der Waals surface area (Å²) >= 11 is 0. The molecule has 3 rings (SSSR count). The standard InChI is InChI=1S/C18H23F3N2O2.ClH/c19-18(20,21)14-4-1-3-13(11-14)17(6-9-25-10-7-17)12-23-16(24)15-5-2-8-22-15;/h1,3-4,11,15,22H,2,5-10,12H2,(H,23,24);1H. The highest BCUT2D eigenvalue weighted by Crippen LogP contribution is 2.37. The maximum atomic E-state index is 13.1. The van der Waals surface area contributed by atoms with Crippen molar-refractivity contribution < 1.29 is 22.7 Å². The van der Waals surface area contributed by atoms with Crippen molar-refractivity contribution >= 4 is 18.3 Å². The Labute approximate surface area is 157 Å². The van der Waals surface area contributed by atoms with Gasteiger partial charge in [-0.25, -0.2) is 0 Å². The molecular formula is C18H24ClF3N2O2. The van der Waals surface area contributed by atoms with E-state index in [-0.39, 0.29) is 24.4 Å². The fourth-order valence-electron chi connectivity index (χ4n) is 3.64. The van der Waals surface area contributed by atoms with E-state index in [4.69, 9.17) is 4.74 Å². The van der Waals surface area contributed by atoms with E-state index in [2.05, 4.69) is 10.6 Å². The molecule has 26 heavy (non-hydrogen) atoms. The van der Waals surface area contributed by atoms with Crippen LogP contribution in [0.2, 0.25) is 0 Å². The molecule has 8 heteroatoms. The molecule has 0 aliphatic carbocycles. The fourth-order valence-corrected chi connectivity index (χ4v) is 3.64. The Hall–Kier alpha value is -1.31. The molecule has 0 aromatic heterocycles. The first kappa shape index (κ1) is 21.0. The zero-order chi connectivity index (χ0) is 17.9. The van der Waals surface area contributed by atoms with E-state index in [0.717, 1.165) is 25.5 Å². The number of hydrogen-bond donors (Lipinski definition) is 2. The van der Waals surface area contributed by atoms with Gasteiger partial charge in [-0.3, -0.25) is 4.79 Å². The molecule has 1 aromatic carbocycles. The minimum Gasteiger partial charge on any atom is -0.381 e. The van der Waals surface area contributed by atoms with Gasteiger partial charge in [-0.15, -0.1) is 12.4 Å². The van der Waals surface area contributed by atoms with Gasteiger partial charge in [-0.05, 0) is 43.9 Å². The lowest BCUT2D eigenvalue weighted by Crippen LogP contribution is -2.48. The topological polar surface area (TPSA) is 50.4 Å². The maximum absolute atomic E-state index is 13.1. The monoisotopic (exact) mass is 392 g/mol. The number of carbonyl (C=O) groups excluding carboxylic acids is 1. The predicted molar refractivity (Wildman–Crippen MR) is 94.5 cm³/mol. The molecule has 0 bridgehead atoms. The van der Waals surface area contributed by atoms with E-state index in [1.165, 1.54) is 12.1 Å². The Balaban J connectivity index is 0.00000243. The first-order valence-electron chi connectivity index (χ1n) is 8.67. The summed E-state index contributed by atoms with van der Waals surface area (Å²) in [5.74, 6) is -0.0738. The molecule has 2 aliphatic rings. The quantitative estimate of drug-likeness (QED) is 0.828. The van der Waals surface area contributed by atoms with E-state index >= 15 is 0 Å². The summed E-state index contributed by atoms with van der Waals surface area (Å²) in [6.45, 7) is 2.11. The van der Waals surface area contributed by atoms with Crippen molar-refractivity contribution in [1.29, 1.82) is 0 Å². The van der Waals surface area contributed by atoms with E-state index in [0.29, 0.717) is 38.2 Å². The third-order valence-electron chi connectivity index (χ3n) is 5.23. The largest absolute Gasteiger partial charge is 0.416 e. The lowest BCUT2D eigenvalue weighted by atomic mass is 9.73. The number of nitrogens with one attached hydrogen (secondary N) is 2. The molecule has 0 saturated carbocycles. The van der Waals surface area contributed by atoms with Gasteiger partial charge in [0.2, 0.25) is 5.91 Å². The van der Waals surface area contributed by atoms with Crippen molar-refractivity contribution in [2.75, 3.05) is 26.3 Å². The van der Waals surface area contributed by atoms with Crippen molar-refractivity contribution in [3.63, 3.8) is 0 Å². The van der Waals surface area contributed by atoms with Gasteiger partial charge < -0.3 is 15.4 Å². The lowest BCUT2D eigenvalue weighted by molar-refractivity contribution is -0.137. The van der Waals surface area contributed by atoms with Crippen LogP contribution in [0, 0.1) is 0 Å². The Morgan fingerprint density at radius 3 is 2.65 bits per heavy atom. The third kappa shape index (κ3) is 4.69. The summed E-state index contributed by atoms with van der Waals surface area (Å²) < 4.78 is 44.6. The van der Waals surface area contributed by atoms with Crippen LogP contribution >= 0.6 is 12.4 Å². The van der Waals surface area contributed by atoms with Crippen LogP contribution in [-0.2, 0) is 21.1 Å². The summed E-state index contributed by atoms with van der Waals surface area (Å²) in [4.78, 5) is 12.3. The molecule has 2 aliphatic heterocycles. The van der Waals surface area contributed by atoms with Gasteiger partial charge in [0.15, 0.2) is 0 Å². The van der Waals surface area contributed by atoms with E-state index in [1.807, 2.05) is 0 Å². The Bertz CT molecular complexity index is 613. The van der Waals surface area contributed by atoms with Crippen molar-refractivity contribution in [2.45, 2.75) is 43.3 Å². The zero-order valence-corrected chi connectivity index (χ0v) is 15.2. The number of hydrogen-bond acceptors (Lipinski definition) is 3. The van der Waals surface area contributed by atoms with Crippen LogP contribution in [0.1, 0.15) is 36.8 Å². The molecule has 2 N–H and O–H groups in total. The van der Waals surface area contributed by atoms with E-state index < -0.39 is 17.2 Å². The van der Waals surface area contributed by atoms with Gasteiger partial charge in [-0.1, -0.05) is 18.2 Å². The predicted octanol–water partition coefficient (Wildman–Crippen LogP) is 3.04. The maximum Gasteiger partial charge on any atom is 0.416 e. The number of rotatable bonds is 4. The molecule has 4 nitrogen and oxygen atoms in total. The molecule has 1 aromatic rings. The minimum atomic E-state index is -4.38. The van der Waals surface area contributed by atoms with E-state index in [9.17, 15) is 18.0 Å². The minimum absolute atomic E-state index is 0. The molecule has 2 saturated heterocycles. The van der Waals surface area contributed by atoms with Crippen LogP contribution in [0.5, 0.6) is 0 Å². The lowest BCUT2D eigenvalue weighted by Gasteiger charge is -2.38. The molecular weight excluding hydrogens is 369 g/mol. The molecule has 1 atom stereocenters. The second kappa shape index (κ2) is 8.59. The summed E-state index contributed by atoms with van der Waals surface area (Å²) in [6.07, 6.45) is -1.44. The first-order valence-corrected chi connectivity index (χ1v) is 8.67. The molecule has 2 heterocycles. The first-order chi connectivity index (χ1) is 11.9. The molecule has 0 spiro atoms. The summed E-state index contributed by atoms with van der Waals surface area (Å²) in [7, 11) is 0. The third-order valence-corrected chi connectivity index (χ3v) is 5.23. The summed E-state index contributed by atoms with van der Waals surface area (Å²) in [5, 5.41) is 6.09.